The van der Waals surface area contributed by atoms with Crippen molar-refractivity contribution in [1.82, 2.24) is 20.2 Å². The van der Waals surface area contributed by atoms with Crippen LogP contribution in [0.3, 0.4) is 0 Å². The zero-order valence-corrected chi connectivity index (χ0v) is 16.5. The molecule has 1 aromatic carbocycles. The Morgan fingerprint density at radius 3 is 2.79 bits per heavy atom. The van der Waals surface area contributed by atoms with E-state index in [1.165, 1.54) is 12.8 Å². The lowest BCUT2D eigenvalue weighted by Gasteiger charge is -2.21. The first-order valence-corrected chi connectivity index (χ1v) is 9.96. The van der Waals surface area contributed by atoms with Crippen LogP contribution in [0.5, 0.6) is 0 Å². The Morgan fingerprint density at radius 2 is 2.04 bits per heavy atom. The number of carbonyl (C=O) groups excluding carboxylic acids is 1. The van der Waals surface area contributed by atoms with Gasteiger partial charge < -0.3 is 10.2 Å². The molecule has 0 radical (unpaired) electrons. The zero-order valence-electron chi connectivity index (χ0n) is 16.5. The van der Waals surface area contributed by atoms with E-state index in [1.807, 2.05) is 43.3 Å². The van der Waals surface area contributed by atoms with Gasteiger partial charge in [-0.1, -0.05) is 18.2 Å². The summed E-state index contributed by atoms with van der Waals surface area (Å²) >= 11 is 0. The Bertz CT molecular complexity index is 981. The van der Waals surface area contributed by atoms with E-state index in [4.69, 9.17) is 4.98 Å². The molecular weight excluding hydrogens is 348 g/mol. The highest BCUT2D eigenvalue weighted by Crippen LogP contribution is 2.26. The minimum absolute atomic E-state index is 0.0464. The van der Waals surface area contributed by atoms with Crippen molar-refractivity contribution >= 4 is 16.8 Å². The molecule has 1 aliphatic heterocycles. The van der Waals surface area contributed by atoms with E-state index in [-0.39, 0.29) is 11.9 Å². The van der Waals surface area contributed by atoms with Gasteiger partial charge in [0.2, 0.25) is 0 Å². The topological polar surface area (TPSA) is 58.1 Å². The van der Waals surface area contributed by atoms with E-state index in [0.29, 0.717) is 5.56 Å². The molecule has 3 heterocycles. The molecule has 0 aliphatic carbocycles. The molecule has 1 saturated heterocycles. The van der Waals surface area contributed by atoms with Gasteiger partial charge in [0.15, 0.2) is 0 Å². The molecule has 1 N–H and O–H groups in total. The van der Waals surface area contributed by atoms with Crippen molar-refractivity contribution in [1.29, 1.82) is 0 Å². The van der Waals surface area contributed by atoms with Crippen LogP contribution in [-0.2, 0) is 0 Å². The lowest BCUT2D eigenvalue weighted by molar-refractivity contribution is 0.0933. The van der Waals surface area contributed by atoms with Gasteiger partial charge in [-0.15, -0.1) is 0 Å². The van der Waals surface area contributed by atoms with Crippen LogP contribution in [-0.4, -0.2) is 46.5 Å². The fourth-order valence-corrected chi connectivity index (χ4v) is 3.94. The van der Waals surface area contributed by atoms with Crippen molar-refractivity contribution in [2.75, 3.05) is 19.6 Å². The molecule has 1 aliphatic rings. The van der Waals surface area contributed by atoms with Crippen molar-refractivity contribution < 1.29 is 4.79 Å². The van der Waals surface area contributed by atoms with Gasteiger partial charge in [0.05, 0.1) is 16.8 Å². The monoisotopic (exact) mass is 374 g/mol. The predicted molar refractivity (Wildman–Crippen MR) is 112 cm³/mol. The summed E-state index contributed by atoms with van der Waals surface area (Å²) in [5, 5.41) is 4.08. The van der Waals surface area contributed by atoms with Gasteiger partial charge in [-0.2, -0.15) is 0 Å². The quantitative estimate of drug-likeness (QED) is 0.738. The molecule has 1 fully saturated rings. The average molecular weight is 374 g/mol. The predicted octanol–water partition coefficient (Wildman–Crippen LogP) is 3.82. The first-order valence-electron chi connectivity index (χ1n) is 9.96. The van der Waals surface area contributed by atoms with E-state index in [0.717, 1.165) is 47.4 Å². The number of fused-ring (bicyclic) bond motifs is 1. The first kappa shape index (κ1) is 18.6. The summed E-state index contributed by atoms with van der Waals surface area (Å²) in [7, 11) is 0. The molecular formula is C23H26N4O. The molecule has 2 aromatic heterocycles. The Morgan fingerprint density at radius 1 is 1.21 bits per heavy atom. The van der Waals surface area contributed by atoms with Gasteiger partial charge in [0.25, 0.3) is 5.91 Å². The molecule has 3 aromatic rings. The van der Waals surface area contributed by atoms with Crippen molar-refractivity contribution in [3.8, 4) is 11.3 Å². The number of nitrogens with zero attached hydrogens (tertiary/aromatic N) is 3. The number of amides is 1. The molecule has 28 heavy (non-hydrogen) atoms. The van der Waals surface area contributed by atoms with E-state index in [1.54, 1.807) is 12.4 Å². The molecule has 0 spiro atoms. The van der Waals surface area contributed by atoms with Crippen LogP contribution in [0.4, 0.5) is 0 Å². The van der Waals surface area contributed by atoms with E-state index >= 15 is 0 Å². The van der Waals surface area contributed by atoms with Crippen LogP contribution in [0.2, 0.25) is 0 Å². The van der Waals surface area contributed by atoms with E-state index in [9.17, 15) is 4.79 Å². The van der Waals surface area contributed by atoms with Gasteiger partial charge in [-0.3, -0.25) is 9.78 Å². The molecule has 4 rings (SSSR count). The number of likely N-dealkylation sites (tertiary alicyclic amines) is 1. The number of nitrogens with one attached hydrogen (secondary N) is 1. The second-order valence-electron chi connectivity index (χ2n) is 7.65. The smallest absolute Gasteiger partial charge is 0.252 e. The standard InChI is InChI=1S/C23H26N4O/c1-16-7-5-9-19-20(23(28)25-17(2)15-27-11-3-4-12-27)13-21(26-22(16)19)18-8-6-10-24-14-18/h5-10,13-14,17H,3-4,11-12,15H2,1-2H3,(H,25,28). The number of rotatable bonds is 5. The number of hydrogen-bond donors (Lipinski definition) is 1. The maximum Gasteiger partial charge on any atom is 0.252 e. The number of carbonyl (C=O) groups is 1. The number of aromatic nitrogens is 2. The maximum atomic E-state index is 13.2. The van der Waals surface area contributed by atoms with E-state index in [2.05, 4.69) is 22.1 Å². The number of benzene rings is 1. The third-order valence-corrected chi connectivity index (χ3v) is 5.35. The van der Waals surface area contributed by atoms with Crippen LogP contribution < -0.4 is 5.32 Å². The summed E-state index contributed by atoms with van der Waals surface area (Å²) in [6.45, 7) is 7.25. The van der Waals surface area contributed by atoms with Gasteiger partial charge in [-0.25, -0.2) is 4.98 Å². The van der Waals surface area contributed by atoms with Crippen LogP contribution in [0, 0.1) is 6.92 Å². The Labute approximate surface area is 165 Å². The first-order chi connectivity index (χ1) is 13.6. The molecule has 144 valence electrons. The Hall–Kier alpha value is -2.79. The largest absolute Gasteiger partial charge is 0.348 e. The highest BCUT2D eigenvalue weighted by atomic mass is 16.1. The molecule has 5 nitrogen and oxygen atoms in total. The van der Waals surface area contributed by atoms with Crippen molar-refractivity contribution in [3.63, 3.8) is 0 Å². The van der Waals surface area contributed by atoms with E-state index < -0.39 is 0 Å². The number of para-hydroxylation sites is 1. The van der Waals surface area contributed by atoms with Crippen LogP contribution in [0.1, 0.15) is 35.7 Å². The average Bonchev–Trinajstić information content (AvgIpc) is 3.21. The SMILES string of the molecule is Cc1cccc2c(C(=O)NC(C)CN3CCCC3)cc(-c3cccnc3)nc12. The van der Waals surface area contributed by atoms with Crippen LogP contribution >= 0.6 is 0 Å². The number of aryl methyl sites for hydroxylation is 1. The third-order valence-electron chi connectivity index (χ3n) is 5.35. The minimum Gasteiger partial charge on any atom is -0.348 e. The summed E-state index contributed by atoms with van der Waals surface area (Å²) in [5.41, 5.74) is 4.27. The summed E-state index contributed by atoms with van der Waals surface area (Å²) in [5.74, 6) is -0.0464. The lowest BCUT2D eigenvalue weighted by Crippen LogP contribution is -2.41. The molecule has 0 bridgehead atoms. The summed E-state index contributed by atoms with van der Waals surface area (Å²) in [6.07, 6.45) is 6.03. The highest BCUT2D eigenvalue weighted by molar-refractivity contribution is 6.07. The number of pyridine rings is 2. The zero-order chi connectivity index (χ0) is 19.5. The van der Waals surface area contributed by atoms with Crippen LogP contribution in [0.15, 0.2) is 48.8 Å². The van der Waals surface area contributed by atoms with Crippen molar-refractivity contribution in [2.24, 2.45) is 0 Å². The Kier molecular flexibility index (Phi) is 5.35. The van der Waals surface area contributed by atoms with Gasteiger partial charge >= 0.3 is 0 Å². The summed E-state index contributed by atoms with van der Waals surface area (Å²) < 4.78 is 0. The second kappa shape index (κ2) is 8.07. The van der Waals surface area contributed by atoms with Crippen LogP contribution in [0.25, 0.3) is 22.2 Å². The van der Waals surface area contributed by atoms with Gasteiger partial charge in [0.1, 0.15) is 0 Å². The Balaban J connectivity index is 1.68. The van der Waals surface area contributed by atoms with Gasteiger partial charge in [0, 0.05) is 35.9 Å². The molecule has 1 atom stereocenters. The lowest BCUT2D eigenvalue weighted by atomic mass is 10.0. The molecule has 1 unspecified atom stereocenters. The van der Waals surface area contributed by atoms with Crippen molar-refractivity contribution in [2.45, 2.75) is 32.7 Å². The summed E-state index contributed by atoms with van der Waals surface area (Å²) in [6, 6.07) is 11.8. The third kappa shape index (κ3) is 3.90. The molecule has 5 heteroatoms. The molecule has 0 saturated carbocycles. The number of hydrogen-bond acceptors (Lipinski definition) is 4. The maximum absolute atomic E-state index is 13.2. The fraction of sp³-hybridized carbons (Fsp3) is 0.348. The van der Waals surface area contributed by atoms with Gasteiger partial charge in [-0.05, 0) is 63.5 Å². The summed E-state index contributed by atoms with van der Waals surface area (Å²) in [4.78, 5) is 24.6. The fourth-order valence-electron chi connectivity index (χ4n) is 3.94. The minimum atomic E-state index is -0.0464. The van der Waals surface area contributed by atoms with Crippen molar-refractivity contribution in [3.05, 3.63) is 59.9 Å². The highest BCUT2D eigenvalue weighted by Gasteiger charge is 2.19. The molecule has 1 amide bonds. The normalized spacial score (nSPS) is 15.6. The second-order valence-corrected chi connectivity index (χ2v) is 7.65.